The summed E-state index contributed by atoms with van der Waals surface area (Å²) >= 11 is 1.84. The summed E-state index contributed by atoms with van der Waals surface area (Å²) in [4.78, 5) is 4.15. The van der Waals surface area contributed by atoms with E-state index >= 15 is 0 Å². The summed E-state index contributed by atoms with van der Waals surface area (Å²) in [6.07, 6.45) is 2.12. The van der Waals surface area contributed by atoms with Crippen LogP contribution >= 0.6 is 11.8 Å². The zero-order valence-corrected chi connectivity index (χ0v) is 11.9. The van der Waals surface area contributed by atoms with E-state index < -0.39 is 0 Å². The van der Waals surface area contributed by atoms with E-state index in [0.29, 0.717) is 6.61 Å². The van der Waals surface area contributed by atoms with Crippen molar-refractivity contribution in [2.45, 2.75) is 25.5 Å². The number of nitrogens with one attached hydrogen (secondary N) is 2. The van der Waals surface area contributed by atoms with Crippen LogP contribution in [0.15, 0.2) is 4.99 Å². The quantitative estimate of drug-likeness (QED) is 0.405. The molecule has 16 heavy (non-hydrogen) atoms. The maximum atomic E-state index is 5.25. The molecular weight excluding hydrogens is 222 g/mol. The molecule has 5 heteroatoms. The van der Waals surface area contributed by atoms with E-state index in [1.807, 2.05) is 18.7 Å². The molecule has 0 aromatic heterocycles. The SMILES string of the molecule is CCOCCNC(=NC)NCC(C)(C)SC. The van der Waals surface area contributed by atoms with Crippen LogP contribution in [0, 0.1) is 0 Å². The van der Waals surface area contributed by atoms with E-state index in [0.717, 1.165) is 25.7 Å². The van der Waals surface area contributed by atoms with Crippen LogP contribution in [0.4, 0.5) is 0 Å². The topological polar surface area (TPSA) is 45.6 Å². The van der Waals surface area contributed by atoms with Crippen LogP contribution in [-0.4, -0.2) is 50.3 Å². The van der Waals surface area contributed by atoms with Crippen molar-refractivity contribution >= 4 is 17.7 Å². The molecule has 0 heterocycles. The third-order valence-electron chi connectivity index (χ3n) is 2.20. The van der Waals surface area contributed by atoms with Crippen molar-refractivity contribution in [3.63, 3.8) is 0 Å². The Bertz CT molecular complexity index is 207. The van der Waals surface area contributed by atoms with E-state index in [1.54, 1.807) is 7.05 Å². The lowest BCUT2D eigenvalue weighted by molar-refractivity contribution is 0.152. The van der Waals surface area contributed by atoms with E-state index in [4.69, 9.17) is 4.74 Å². The zero-order valence-electron chi connectivity index (χ0n) is 11.1. The predicted molar refractivity (Wildman–Crippen MR) is 73.5 cm³/mol. The van der Waals surface area contributed by atoms with Gasteiger partial charge in [0.05, 0.1) is 6.61 Å². The van der Waals surface area contributed by atoms with Crippen molar-refractivity contribution in [2.75, 3.05) is 39.6 Å². The summed E-state index contributed by atoms with van der Waals surface area (Å²) < 4.78 is 5.47. The molecule has 0 rings (SSSR count). The van der Waals surface area contributed by atoms with Crippen molar-refractivity contribution in [3.05, 3.63) is 0 Å². The van der Waals surface area contributed by atoms with Crippen LogP contribution in [0.25, 0.3) is 0 Å². The van der Waals surface area contributed by atoms with Gasteiger partial charge in [0.25, 0.3) is 0 Å². The molecule has 0 unspecified atom stereocenters. The van der Waals surface area contributed by atoms with Gasteiger partial charge < -0.3 is 15.4 Å². The Balaban J connectivity index is 3.77. The minimum absolute atomic E-state index is 0.220. The second-order valence-electron chi connectivity index (χ2n) is 4.01. The van der Waals surface area contributed by atoms with Gasteiger partial charge in [-0.05, 0) is 27.0 Å². The van der Waals surface area contributed by atoms with Gasteiger partial charge in [-0.25, -0.2) is 0 Å². The van der Waals surface area contributed by atoms with Gasteiger partial charge in [-0.2, -0.15) is 11.8 Å². The molecule has 0 saturated heterocycles. The summed E-state index contributed by atoms with van der Waals surface area (Å²) in [5, 5.41) is 6.51. The highest BCUT2D eigenvalue weighted by atomic mass is 32.2. The summed E-state index contributed by atoms with van der Waals surface area (Å²) in [7, 11) is 1.78. The third-order valence-corrected chi connectivity index (χ3v) is 3.45. The number of ether oxygens (including phenoxy) is 1. The average molecular weight is 247 g/mol. The van der Waals surface area contributed by atoms with Gasteiger partial charge in [0, 0.05) is 31.5 Å². The monoisotopic (exact) mass is 247 g/mol. The first kappa shape index (κ1) is 15.6. The van der Waals surface area contributed by atoms with Crippen molar-refractivity contribution in [2.24, 2.45) is 4.99 Å². The van der Waals surface area contributed by atoms with Gasteiger partial charge in [0.2, 0.25) is 0 Å². The lowest BCUT2D eigenvalue weighted by Crippen LogP contribution is -2.44. The Labute approximate surface area is 104 Å². The molecule has 0 aliphatic carbocycles. The molecule has 0 amide bonds. The lowest BCUT2D eigenvalue weighted by atomic mass is 10.2. The number of hydrogen-bond donors (Lipinski definition) is 2. The molecule has 0 aliphatic heterocycles. The summed E-state index contributed by atoms with van der Waals surface area (Å²) in [5.74, 6) is 0.835. The number of hydrogen-bond acceptors (Lipinski definition) is 3. The molecule has 4 nitrogen and oxygen atoms in total. The minimum atomic E-state index is 0.220. The molecule has 0 aliphatic rings. The molecule has 0 aromatic rings. The lowest BCUT2D eigenvalue weighted by Gasteiger charge is -2.23. The Morgan fingerprint density at radius 3 is 2.56 bits per heavy atom. The highest BCUT2D eigenvalue weighted by Crippen LogP contribution is 2.19. The van der Waals surface area contributed by atoms with Crippen LogP contribution in [0.3, 0.4) is 0 Å². The Morgan fingerprint density at radius 1 is 1.38 bits per heavy atom. The Hall–Kier alpha value is -0.420. The van der Waals surface area contributed by atoms with Gasteiger partial charge in [0.1, 0.15) is 0 Å². The van der Waals surface area contributed by atoms with Crippen molar-refractivity contribution in [3.8, 4) is 0 Å². The van der Waals surface area contributed by atoms with Crippen LogP contribution < -0.4 is 10.6 Å². The summed E-state index contributed by atoms with van der Waals surface area (Å²) in [5.41, 5.74) is 0. The number of thioether (sulfide) groups is 1. The fourth-order valence-corrected chi connectivity index (χ4v) is 1.19. The maximum absolute atomic E-state index is 5.25. The minimum Gasteiger partial charge on any atom is -0.380 e. The molecule has 0 aromatic carbocycles. The van der Waals surface area contributed by atoms with Crippen LogP contribution in [0.1, 0.15) is 20.8 Å². The van der Waals surface area contributed by atoms with Crippen LogP contribution in [-0.2, 0) is 4.74 Å². The Kier molecular flexibility index (Phi) is 8.47. The maximum Gasteiger partial charge on any atom is 0.191 e. The number of nitrogens with zero attached hydrogens (tertiary/aromatic N) is 1. The summed E-state index contributed by atoms with van der Waals surface area (Å²) in [6, 6.07) is 0. The van der Waals surface area contributed by atoms with Gasteiger partial charge >= 0.3 is 0 Å². The standard InChI is InChI=1S/C11H25N3OS/c1-6-15-8-7-13-10(12-4)14-9-11(2,3)16-5/h6-9H2,1-5H3,(H2,12,13,14). The van der Waals surface area contributed by atoms with Crippen molar-refractivity contribution in [1.82, 2.24) is 10.6 Å². The smallest absolute Gasteiger partial charge is 0.191 e. The predicted octanol–water partition coefficient (Wildman–Crippen LogP) is 1.33. The number of aliphatic imine (C=N–C) groups is 1. The van der Waals surface area contributed by atoms with Crippen molar-refractivity contribution in [1.29, 1.82) is 0 Å². The Morgan fingerprint density at radius 2 is 2.06 bits per heavy atom. The molecule has 0 spiro atoms. The second-order valence-corrected chi connectivity index (χ2v) is 5.53. The van der Waals surface area contributed by atoms with Gasteiger partial charge in [-0.15, -0.1) is 0 Å². The van der Waals surface area contributed by atoms with Crippen LogP contribution in [0.5, 0.6) is 0 Å². The van der Waals surface area contributed by atoms with Gasteiger partial charge in [-0.1, -0.05) is 0 Å². The molecule has 0 fully saturated rings. The zero-order chi connectivity index (χ0) is 12.4. The molecule has 0 saturated carbocycles. The normalized spacial score (nSPS) is 12.7. The van der Waals surface area contributed by atoms with Crippen molar-refractivity contribution < 1.29 is 4.74 Å². The van der Waals surface area contributed by atoms with Crippen LogP contribution in [0.2, 0.25) is 0 Å². The molecule has 96 valence electrons. The fraction of sp³-hybridized carbons (Fsp3) is 0.909. The third kappa shape index (κ3) is 7.82. The first-order chi connectivity index (χ1) is 7.55. The number of guanidine groups is 1. The molecule has 0 bridgehead atoms. The van der Waals surface area contributed by atoms with Gasteiger partial charge in [0.15, 0.2) is 5.96 Å². The first-order valence-electron chi connectivity index (χ1n) is 5.63. The molecular formula is C11H25N3OS. The summed E-state index contributed by atoms with van der Waals surface area (Å²) in [6.45, 7) is 9.55. The fourth-order valence-electron chi connectivity index (χ4n) is 0.975. The van der Waals surface area contributed by atoms with E-state index in [2.05, 4.69) is 35.7 Å². The second kappa shape index (κ2) is 8.70. The first-order valence-corrected chi connectivity index (χ1v) is 6.85. The highest BCUT2D eigenvalue weighted by molar-refractivity contribution is 7.99. The van der Waals surface area contributed by atoms with Gasteiger partial charge in [-0.3, -0.25) is 4.99 Å². The number of rotatable bonds is 7. The molecule has 0 atom stereocenters. The van der Waals surface area contributed by atoms with E-state index in [-0.39, 0.29) is 4.75 Å². The molecule has 2 N–H and O–H groups in total. The van der Waals surface area contributed by atoms with E-state index in [1.165, 1.54) is 0 Å². The van der Waals surface area contributed by atoms with E-state index in [9.17, 15) is 0 Å². The average Bonchev–Trinajstić information content (AvgIpc) is 2.28. The molecule has 0 radical (unpaired) electrons. The highest BCUT2D eigenvalue weighted by Gasteiger charge is 2.15. The largest absolute Gasteiger partial charge is 0.380 e.